The van der Waals surface area contributed by atoms with Crippen molar-refractivity contribution in [3.8, 4) is 0 Å². The van der Waals surface area contributed by atoms with Crippen molar-refractivity contribution in [2.45, 2.75) is 45.1 Å². The largest absolute Gasteiger partial charge is 0.357 e. The predicted molar refractivity (Wildman–Crippen MR) is 58.2 cm³/mol. The molecule has 3 heteroatoms. The zero-order valence-corrected chi connectivity index (χ0v) is 9.17. The first kappa shape index (κ1) is 11.5. The van der Waals surface area contributed by atoms with E-state index in [1.807, 2.05) is 0 Å². The van der Waals surface area contributed by atoms with Crippen molar-refractivity contribution in [3.05, 3.63) is 0 Å². The van der Waals surface area contributed by atoms with Crippen LogP contribution in [0.15, 0.2) is 0 Å². The van der Waals surface area contributed by atoms with Gasteiger partial charge in [0.05, 0.1) is 0 Å². The van der Waals surface area contributed by atoms with Crippen LogP contribution in [0.4, 0.5) is 0 Å². The molecular formula is C11H22N2O. The molecule has 0 aromatic heterocycles. The van der Waals surface area contributed by atoms with E-state index in [0.717, 1.165) is 32.1 Å². The Morgan fingerprint density at radius 3 is 2.64 bits per heavy atom. The highest BCUT2D eigenvalue weighted by molar-refractivity contribution is 5.45. The third kappa shape index (κ3) is 3.66. The highest BCUT2D eigenvalue weighted by Gasteiger charge is 2.18. The van der Waals surface area contributed by atoms with Gasteiger partial charge in [-0.25, -0.2) is 0 Å². The summed E-state index contributed by atoms with van der Waals surface area (Å²) in [5.74, 6) is 0. The highest BCUT2D eigenvalue weighted by Crippen LogP contribution is 2.21. The molecule has 1 rings (SSSR count). The quantitative estimate of drug-likeness (QED) is 0.516. The number of rotatable bonds is 6. The fraction of sp³-hybridized carbons (Fsp3) is 0.909. The summed E-state index contributed by atoms with van der Waals surface area (Å²) in [7, 11) is 0. The molecule has 0 aliphatic heterocycles. The first-order valence-electron chi connectivity index (χ1n) is 5.79. The fourth-order valence-electron chi connectivity index (χ4n) is 2.31. The third-order valence-electron chi connectivity index (χ3n) is 3.12. The van der Waals surface area contributed by atoms with Gasteiger partial charge in [0, 0.05) is 19.1 Å². The van der Waals surface area contributed by atoms with Crippen LogP contribution in [-0.2, 0) is 4.79 Å². The molecule has 0 radical (unpaired) electrons. The molecule has 0 bridgehead atoms. The third-order valence-corrected chi connectivity index (χ3v) is 3.12. The van der Waals surface area contributed by atoms with Gasteiger partial charge in [-0.2, -0.15) is 0 Å². The van der Waals surface area contributed by atoms with E-state index in [1.54, 1.807) is 0 Å². The first-order valence-corrected chi connectivity index (χ1v) is 5.79. The monoisotopic (exact) mass is 198 g/mol. The lowest BCUT2D eigenvalue weighted by atomic mass is 9.94. The van der Waals surface area contributed by atoms with Crippen LogP contribution < -0.4 is 5.32 Å². The summed E-state index contributed by atoms with van der Waals surface area (Å²) in [5, 5.41) is 2.73. The van der Waals surface area contributed by atoms with E-state index in [2.05, 4.69) is 17.1 Å². The summed E-state index contributed by atoms with van der Waals surface area (Å²) in [4.78, 5) is 12.6. The van der Waals surface area contributed by atoms with E-state index in [4.69, 9.17) is 0 Å². The number of carbonyl (C=O) groups excluding carboxylic acids is 1. The van der Waals surface area contributed by atoms with Gasteiger partial charge in [0.2, 0.25) is 6.41 Å². The maximum atomic E-state index is 10.1. The number of likely N-dealkylation sites (N-methyl/N-ethyl adjacent to an activating group) is 1. The molecule has 0 spiro atoms. The second-order valence-corrected chi connectivity index (χ2v) is 3.99. The van der Waals surface area contributed by atoms with Gasteiger partial charge in [-0.1, -0.05) is 26.2 Å². The predicted octanol–water partition coefficient (Wildman–Crippen LogP) is 1.39. The topological polar surface area (TPSA) is 32.3 Å². The van der Waals surface area contributed by atoms with E-state index < -0.39 is 0 Å². The molecule has 0 aromatic carbocycles. The van der Waals surface area contributed by atoms with Gasteiger partial charge < -0.3 is 5.32 Å². The van der Waals surface area contributed by atoms with Gasteiger partial charge in [0.15, 0.2) is 0 Å². The molecule has 1 fully saturated rings. The average Bonchev–Trinajstić information content (AvgIpc) is 2.26. The van der Waals surface area contributed by atoms with Crippen molar-refractivity contribution in [2.24, 2.45) is 0 Å². The van der Waals surface area contributed by atoms with E-state index in [9.17, 15) is 4.79 Å². The Labute approximate surface area is 86.9 Å². The lowest BCUT2D eigenvalue weighted by Crippen LogP contribution is -2.40. The average molecular weight is 198 g/mol. The Morgan fingerprint density at radius 2 is 2.07 bits per heavy atom. The molecule has 3 nitrogen and oxygen atoms in total. The van der Waals surface area contributed by atoms with E-state index in [0.29, 0.717) is 0 Å². The Morgan fingerprint density at radius 1 is 1.36 bits per heavy atom. The number of hydrogen-bond donors (Lipinski definition) is 1. The van der Waals surface area contributed by atoms with Crippen molar-refractivity contribution < 1.29 is 4.79 Å². The maximum absolute atomic E-state index is 10.1. The SMILES string of the molecule is CCN(CCNC=O)C1CCCCC1. The van der Waals surface area contributed by atoms with Crippen molar-refractivity contribution in [1.82, 2.24) is 10.2 Å². The van der Waals surface area contributed by atoms with E-state index >= 15 is 0 Å². The second-order valence-electron chi connectivity index (χ2n) is 3.99. The normalized spacial score (nSPS) is 18.4. The van der Waals surface area contributed by atoms with Crippen molar-refractivity contribution in [1.29, 1.82) is 0 Å². The van der Waals surface area contributed by atoms with Crippen LogP contribution in [0.3, 0.4) is 0 Å². The fourth-order valence-corrected chi connectivity index (χ4v) is 2.31. The van der Waals surface area contributed by atoms with Crippen LogP contribution >= 0.6 is 0 Å². The summed E-state index contributed by atoms with van der Waals surface area (Å²) < 4.78 is 0. The van der Waals surface area contributed by atoms with Crippen LogP contribution in [-0.4, -0.2) is 37.0 Å². The van der Waals surface area contributed by atoms with Crippen LogP contribution in [0.25, 0.3) is 0 Å². The number of hydrogen-bond acceptors (Lipinski definition) is 2. The molecule has 0 saturated heterocycles. The number of amides is 1. The summed E-state index contributed by atoms with van der Waals surface area (Å²) >= 11 is 0. The minimum absolute atomic E-state index is 0.766. The van der Waals surface area contributed by atoms with E-state index in [1.165, 1.54) is 32.1 Å². The molecule has 1 amide bonds. The molecule has 1 aliphatic rings. The lowest BCUT2D eigenvalue weighted by molar-refractivity contribution is -0.109. The molecule has 1 N–H and O–H groups in total. The molecule has 0 aromatic rings. The zero-order valence-electron chi connectivity index (χ0n) is 9.17. The summed E-state index contributed by atoms with van der Waals surface area (Å²) in [6.45, 7) is 5.09. The van der Waals surface area contributed by atoms with Gasteiger partial charge in [-0.15, -0.1) is 0 Å². The summed E-state index contributed by atoms with van der Waals surface area (Å²) in [6.07, 6.45) is 7.63. The molecule has 0 unspecified atom stereocenters. The molecule has 0 atom stereocenters. The van der Waals surface area contributed by atoms with Gasteiger partial charge in [0.1, 0.15) is 0 Å². The van der Waals surface area contributed by atoms with Gasteiger partial charge in [-0.05, 0) is 19.4 Å². The standard InChI is InChI=1S/C11H22N2O/c1-2-13(9-8-12-10-14)11-6-4-3-5-7-11/h10-11H,2-9H2,1H3,(H,12,14). The molecule has 1 saturated carbocycles. The van der Waals surface area contributed by atoms with Crippen LogP contribution in [0, 0.1) is 0 Å². The maximum Gasteiger partial charge on any atom is 0.207 e. The second kappa shape index (κ2) is 6.82. The van der Waals surface area contributed by atoms with Crippen LogP contribution in [0.5, 0.6) is 0 Å². The number of nitrogens with zero attached hydrogens (tertiary/aromatic N) is 1. The van der Waals surface area contributed by atoms with Crippen molar-refractivity contribution in [3.63, 3.8) is 0 Å². The Hall–Kier alpha value is -0.570. The summed E-state index contributed by atoms with van der Waals surface area (Å²) in [5.41, 5.74) is 0. The number of nitrogens with one attached hydrogen (secondary N) is 1. The van der Waals surface area contributed by atoms with Gasteiger partial charge in [-0.3, -0.25) is 9.69 Å². The van der Waals surface area contributed by atoms with Crippen LogP contribution in [0.2, 0.25) is 0 Å². The number of carbonyl (C=O) groups is 1. The molecule has 82 valence electrons. The zero-order chi connectivity index (χ0) is 10.2. The Bertz CT molecular complexity index is 155. The van der Waals surface area contributed by atoms with Crippen molar-refractivity contribution >= 4 is 6.41 Å². The first-order chi connectivity index (χ1) is 6.88. The minimum atomic E-state index is 0.766. The molecule has 0 heterocycles. The molecular weight excluding hydrogens is 176 g/mol. The van der Waals surface area contributed by atoms with Gasteiger partial charge in [0.25, 0.3) is 0 Å². The smallest absolute Gasteiger partial charge is 0.207 e. The minimum Gasteiger partial charge on any atom is -0.357 e. The molecule has 14 heavy (non-hydrogen) atoms. The molecule has 1 aliphatic carbocycles. The van der Waals surface area contributed by atoms with E-state index in [-0.39, 0.29) is 0 Å². The van der Waals surface area contributed by atoms with Crippen LogP contribution in [0.1, 0.15) is 39.0 Å². The Balaban J connectivity index is 2.24. The highest BCUT2D eigenvalue weighted by atomic mass is 16.1. The van der Waals surface area contributed by atoms with Crippen molar-refractivity contribution in [2.75, 3.05) is 19.6 Å². The summed E-state index contributed by atoms with van der Waals surface area (Å²) in [6, 6.07) is 0.766. The van der Waals surface area contributed by atoms with Gasteiger partial charge >= 0.3 is 0 Å². The lowest BCUT2D eigenvalue weighted by Gasteiger charge is -2.33. The Kier molecular flexibility index (Phi) is 5.60.